The van der Waals surface area contributed by atoms with Crippen molar-refractivity contribution in [1.82, 2.24) is 9.13 Å². The van der Waals surface area contributed by atoms with E-state index in [1.807, 2.05) is 0 Å². The van der Waals surface area contributed by atoms with Crippen LogP contribution in [0.4, 0.5) is 0 Å². The van der Waals surface area contributed by atoms with Crippen LogP contribution in [0, 0.1) is 0 Å². The molecule has 1 aromatic rings. The summed E-state index contributed by atoms with van der Waals surface area (Å²) in [4.78, 5) is 33.7. The highest BCUT2D eigenvalue weighted by Crippen LogP contribution is 2.08. The van der Waals surface area contributed by atoms with E-state index in [4.69, 9.17) is 4.74 Å². The van der Waals surface area contributed by atoms with Crippen molar-refractivity contribution in [2.75, 3.05) is 6.61 Å². The fourth-order valence-electron chi connectivity index (χ4n) is 1.26. The molecule has 15 heavy (non-hydrogen) atoms. The lowest BCUT2D eigenvalue weighted by atomic mass is 10.3. The summed E-state index contributed by atoms with van der Waals surface area (Å²) in [6.07, 6.45) is 0.396. The molecule has 6 nitrogen and oxygen atoms in total. The van der Waals surface area contributed by atoms with E-state index in [9.17, 15) is 14.4 Å². The largest absolute Gasteiger partial charge is 0.478 e. The van der Waals surface area contributed by atoms with E-state index in [1.54, 1.807) is 6.92 Å². The fourth-order valence-corrected chi connectivity index (χ4v) is 1.26. The average Bonchev–Trinajstić information content (AvgIpc) is 2.24. The lowest BCUT2D eigenvalue weighted by Gasteiger charge is -2.11. The minimum atomic E-state index is -0.642. The van der Waals surface area contributed by atoms with Gasteiger partial charge in [-0.25, -0.2) is 4.79 Å². The normalized spacial score (nSPS) is 10.1. The Hall–Kier alpha value is -1.85. The first-order valence-electron chi connectivity index (χ1n) is 4.42. The molecule has 0 amide bonds. The van der Waals surface area contributed by atoms with Crippen LogP contribution in [-0.2, 0) is 14.1 Å². The molecule has 0 N–H and O–H groups in total. The van der Waals surface area contributed by atoms with E-state index in [0.29, 0.717) is 6.29 Å². The molecule has 0 atom stereocenters. The third-order valence-corrected chi connectivity index (χ3v) is 2.04. The molecule has 0 aliphatic rings. The Morgan fingerprint density at radius 3 is 2.33 bits per heavy atom. The molecular formula is C9H12N2O4. The zero-order valence-electron chi connectivity index (χ0n) is 8.81. The topological polar surface area (TPSA) is 70.3 Å². The van der Waals surface area contributed by atoms with Gasteiger partial charge in [0, 0.05) is 14.1 Å². The molecule has 1 rings (SSSR count). The molecule has 1 aromatic heterocycles. The Kier molecular flexibility index (Phi) is 3.08. The van der Waals surface area contributed by atoms with Crippen molar-refractivity contribution in [2.45, 2.75) is 6.92 Å². The van der Waals surface area contributed by atoms with Crippen LogP contribution < -0.4 is 16.0 Å². The molecule has 82 valence electrons. The Morgan fingerprint density at radius 2 is 1.87 bits per heavy atom. The van der Waals surface area contributed by atoms with E-state index in [2.05, 4.69) is 0 Å². The van der Waals surface area contributed by atoms with Gasteiger partial charge < -0.3 is 4.74 Å². The maximum atomic E-state index is 11.5. The summed E-state index contributed by atoms with van der Waals surface area (Å²) in [5, 5.41) is 0. The van der Waals surface area contributed by atoms with Crippen molar-refractivity contribution in [3.8, 4) is 5.88 Å². The van der Waals surface area contributed by atoms with Gasteiger partial charge in [-0.2, -0.15) is 0 Å². The van der Waals surface area contributed by atoms with Gasteiger partial charge in [0.15, 0.2) is 6.29 Å². The molecule has 0 unspecified atom stereocenters. The second-order valence-electron chi connectivity index (χ2n) is 2.98. The Labute approximate surface area is 85.7 Å². The molecule has 1 heterocycles. The SMILES string of the molecule is CCOc1c(C=O)c(=O)n(C)c(=O)n1C. The summed E-state index contributed by atoms with van der Waals surface area (Å²) in [6, 6.07) is 0. The minimum absolute atomic E-state index is 0.0144. The highest BCUT2D eigenvalue weighted by molar-refractivity contribution is 5.77. The van der Waals surface area contributed by atoms with Crippen LogP contribution >= 0.6 is 0 Å². The van der Waals surface area contributed by atoms with Crippen LogP contribution in [-0.4, -0.2) is 22.0 Å². The van der Waals surface area contributed by atoms with Crippen LogP contribution in [0.25, 0.3) is 0 Å². The summed E-state index contributed by atoms with van der Waals surface area (Å²) in [5.41, 5.74) is -1.30. The second kappa shape index (κ2) is 4.12. The number of nitrogens with zero attached hydrogens (tertiary/aromatic N) is 2. The number of carbonyl (C=O) groups excluding carboxylic acids is 1. The van der Waals surface area contributed by atoms with Crippen molar-refractivity contribution in [2.24, 2.45) is 14.1 Å². The molecule has 0 bridgehead atoms. The highest BCUT2D eigenvalue weighted by atomic mass is 16.5. The maximum Gasteiger partial charge on any atom is 0.333 e. The van der Waals surface area contributed by atoms with E-state index in [0.717, 1.165) is 9.13 Å². The zero-order valence-corrected chi connectivity index (χ0v) is 8.81. The van der Waals surface area contributed by atoms with Crippen molar-refractivity contribution in [1.29, 1.82) is 0 Å². The number of hydrogen-bond donors (Lipinski definition) is 0. The van der Waals surface area contributed by atoms with Gasteiger partial charge in [-0.05, 0) is 6.92 Å². The number of aromatic nitrogens is 2. The number of rotatable bonds is 3. The van der Waals surface area contributed by atoms with Crippen LogP contribution in [0.2, 0.25) is 0 Å². The van der Waals surface area contributed by atoms with E-state index < -0.39 is 11.2 Å². The minimum Gasteiger partial charge on any atom is -0.478 e. The molecular weight excluding hydrogens is 200 g/mol. The second-order valence-corrected chi connectivity index (χ2v) is 2.98. The van der Waals surface area contributed by atoms with Crippen molar-refractivity contribution < 1.29 is 9.53 Å². The average molecular weight is 212 g/mol. The molecule has 0 fully saturated rings. The van der Waals surface area contributed by atoms with Gasteiger partial charge in [-0.1, -0.05) is 0 Å². The standard InChI is InChI=1S/C9H12N2O4/c1-4-15-8-6(5-12)7(13)10(2)9(14)11(8)3/h5H,4H2,1-3H3. The van der Waals surface area contributed by atoms with Gasteiger partial charge in [0.05, 0.1) is 6.61 Å². The molecule has 0 aliphatic heterocycles. The summed E-state index contributed by atoms with van der Waals surface area (Å²) < 4.78 is 7.09. The van der Waals surface area contributed by atoms with Crippen LogP contribution in [0.1, 0.15) is 17.3 Å². The van der Waals surface area contributed by atoms with E-state index in [-0.39, 0.29) is 18.1 Å². The lowest BCUT2D eigenvalue weighted by molar-refractivity contribution is 0.111. The van der Waals surface area contributed by atoms with Crippen LogP contribution in [0.15, 0.2) is 9.59 Å². The summed E-state index contributed by atoms with van der Waals surface area (Å²) in [6.45, 7) is 1.98. The van der Waals surface area contributed by atoms with Crippen LogP contribution in [0.3, 0.4) is 0 Å². The third kappa shape index (κ3) is 1.70. The van der Waals surface area contributed by atoms with Crippen molar-refractivity contribution >= 4 is 6.29 Å². The van der Waals surface area contributed by atoms with Crippen molar-refractivity contribution in [3.63, 3.8) is 0 Å². The van der Waals surface area contributed by atoms with Crippen molar-refractivity contribution in [3.05, 3.63) is 26.4 Å². The molecule has 6 heteroatoms. The van der Waals surface area contributed by atoms with Gasteiger partial charge in [0.2, 0.25) is 5.88 Å². The van der Waals surface area contributed by atoms with Crippen LogP contribution in [0.5, 0.6) is 5.88 Å². The molecule has 0 saturated heterocycles. The number of hydrogen-bond acceptors (Lipinski definition) is 4. The predicted molar refractivity (Wildman–Crippen MR) is 53.5 cm³/mol. The van der Waals surface area contributed by atoms with Gasteiger partial charge in [-0.3, -0.25) is 18.7 Å². The van der Waals surface area contributed by atoms with Gasteiger partial charge in [-0.15, -0.1) is 0 Å². The summed E-state index contributed by atoms with van der Waals surface area (Å²) >= 11 is 0. The Bertz CT molecular complexity index is 498. The molecule has 0 aromatic carbocycles. The fraction of sp³-hybridized carbons (Fsp3) is 0.444. The first-order valence-corrected chi connectivity index (χ1v) is 4.42. The van der Waals surface area contributed by atoms with Gasteiger partial charge >= 0.3 is 5.69 Å². The third-order valence-electron chi connectivity index (χ3n) is 2.04. The molecule has 0 saturated carbocycles. The highest BCUT2D eigenvalue weighted by Gasteiger charge is 2.15. The monoisotopic (exact) mass is 212 g/mol. The number of carbonyl (C=O) groups is 1. The Morgan fingerprint density at radius 1 is 1.27 bits per heavy atom. The zero-order chi connectivity index (χ0) is 11.6. The first-order chi connectivity index (χ1) is 7.04. The predicted octanol–water partition coefficient (Wildman–Crippen LogP) is -0.705. The number of ether oxygens (including phenoxy) is 1. The lowest BCUT2D eigenvalue weighted by Crippen LogP contribution is -2.39. The smallest absolute Gasteiger partial charge is 0.333 e. The van der Waals surface area contributed by atoms with E-state index >= 15 is 0 Å². The Balaban J connectivity index is 3.70. The first kappa shape index (κ1) is 11.2. The molecule has 0 spiro atoms. The number of aldehydes is 1. The van der Waals surface area contributed by atoms with Gasteiger partial charge in [0.1, 0.15) is 5.56 Å². The quantitative estimate of drug-likeness (QED) is 0.621. The van der Waals surface area contributed by atoms with E-state index in [1.165, 1.54) is 14.1 Å². The summed E-state index contributed by atoms with van der Waals surface area (Å²) in [5.74, 6) is 0.0144. The molecule has 0 radical (unpaired) electrons. The van der Waals surface area contributed by atoms with Gasteiger partial charge in [0.25, 0.3) is 5.56 Å². The summed E-state index contributed by atoms with van der Waals surface area (Å²) in [7, 11) is 2.76. The maximum absolute atomic E-state index is 11.5. The molecule has 0 aliphatic carbocycles.